The van der Waals surface area contributed by atoms with Gasteiger partial charge in [0.25, 0.3) is 5.56 Å². The maximum absolute atomic E-state index is 14.1. The highest BCUT2D eigenvalue weighted by Gasteiger charge is 2.31. The van der Waals surface area contributed by atoms with Crippen molar-refractivity contribution in [3.05, 3.63) is 127 Å². The molecule has 0 saturated heterocycles. The van der Waals surface area contributed by atoms with E-state index in [1.165, 1.54) is 48.5 Å². The van der Waals surface area contributed by atoms with Gasteiger partial charge in [-0.25, -0.2) is 14.2 Å². The molecule has 0 fully saturated rings. The molecule has 4 aromatic rings. The molecule has 1 aliphatic heterocycles. The average molecular weight is 659 g/mol. The number of rotatable bonds is 13. The number of thiazole rings is 1. The number of benzene rings is 3. The molecule has 0 spiro atoms. The van der Waals surface area contributed by atoms with Crippen molar-refractivity contribution in [1.29, 1.82) is 0 Å². The van der Waals surface area contributed by atoms with Crippen LogP contribution in [-0.2, 0) is 22.6 Å². The highest BCUT2D eigenvalue weighted by molar-refractivity contribution is 7.07. The van der Waals surface area contributed by atoms with E-state index in [0.717, 1.165) is 11.1 Å². The lowest BCUT2D eigenvalue weighted by atomic mass is 9.97. The number of allylic oxidation sites excluding steroid dienone is 1. The smallest absolute Gasteiger partial charge is 0.337 e. The lowest BCUT2D eigenvalue weighted by Gasteiger charge is -2.23. The Kier molecular flexibility index (Phi) is 10.6. The standard InChI is InChI=1S/C36H35FN2O7S/c1-6-9-25-16-23(17-30(42-4)33(25)46-21-22-10-13-26(37)14-11-22)18-31-34(40)39-32(27(35(41)43-5)20-38-36(39)47-31)24-12-15-28(44-7-2)29(19-24)45-8-3/h6,10-20,32H,1,7-9,21H2,2-5H3/b31-18-/t32-/m1/s1. The third-order valence-electron chi connectivity index (χ3n) is 7.34. The van der Waals surface area contributed by atoms with Crippen LogP contribution in [-0.4, -0.2) is 38.0 Å². The van der Waals surface area contributed by atoms with Crippen molar-refractivity contribution in [2.75, 3.05) is 27.4 Å². The van der Waals surface area contributed by atoms with Crippen LogP contribution in [0.25, 0.3) is 6.08 Å². The van der Waals surface area contributed by atoms with Crippen LogP contribution >= 0.6 is 11.3 Å². The van der Waals surface area contributed by atoms with Gasteiger partial charge >= 0.3 is 5.97 Å². The molecule has 0 unspecified atom stereocenters. The predicted molar refractivity (Wildman–Crippen MR) is 178 cm³/mol. The number of ether oxygens (including phenoxy) is 5. The first kappa shape index (κ1) is 33.2. The fourth-order valence-corrected chi connectivity index (χ4v) is 6.23. The highest BCUT2D eigenvalue weighted by atomic mass is 32.1. The third-order valence-corrected chi connectivity index (χ3v) is 8.34. The topological polar surface area (TPSA) is 97.6 Å². The summed E-state index contributed by atoms with van der Waals surface area (Å²) >= 11 is 1.20. The van der Waals surface area contributed by atoms with Gasteiger partial charge in [-0.3, -0.25) is 9.36 Å². The molecule has 2 heterocycles. The number of nitrogens with zero attached hydrogens (tertiary/aromatic N) is 2. The minimum Gasteiger partial charge on any atom is -0.493 e. The van der Waals surface area contributed by atoms with Crippen LogP contribution < -0.4 is 33.8 Å². The summed E-state index contributed by atoms with van der Waals surface area (Å²) in [6.45, 7) is 8.68. The zero-order valence-electron chi connectivity index (χ0n) is 26.6. The van der Waals surface area contributed by atoms with Gasteiger partial charge in [0.2, 0.25) is 0 Å². The second kappa shape index (κ2) is 15.0. The van der Waals surface area contributed by atoms with Crippen LogP contribution in [0, 0.1) is 5.82 Å². The summed E-state index contributed by atoms with van der Waals surface area (Å²) in [4.78, 5) is 31.9. The molecule has 3 aromatic carbocycles. The molecule has 1 atom stereocenters. The Bertz CT molecular complexity index is 2000. The van der Waals surface area contributed by atoms with Crippen LogP contribution in [0.5, 0.6) is 23.0 Å². The molecule has 5 rings (SSSR count). The summed E-state index contributed by atoms with van der Waals surface area (Å²) in [5.74, 6) is 1.13. The minimum atomic E-state index is -0.816. The van der Waals surface area contributed by atoms with Crippen LogP contribution in [0.2, 0.25) is 0 Å². The second-order valence-corrected chi connectivity index (χ2v) is 11.4. The summed E-state index contributed by atoms with van der Waals surface area (Å²) in [6.07, 6.45) is 5.42. The molecule has 11 heteroatoms. The molecule has 1 aromatic heterocycles. The van der Waals surface area contributed by atoms with E-state index < -0.39 is 12.0 Å². The number of aromatic nitrogens is 1. The van der Waals surface area contributed by atoms with E-state index in [0.29, 0.717) is 63.1 Å². The van der Waals surface area contributed by atoms with E-state index in [-0.39, 0.29) is 23.6 Å². The molecule has 0 aliphatic carbocycles. The number of methoxy groups -OCH3 is 2. The molecular weight excluding hydrogens is 623 g/mol. The maximum Gasteiger partial charge on any atom is 0.337 e. The van der Waals surface area contributed by atoms with E-state index in [4.69, 9.17) is 23.7 Å². The van der Waals surface area contributed by atoms with Gasteiger partial charge in [0.05, 0.1) is 43.6 Å². The molecule has 1 aliphatic rings. The Morgan fingerprint density at radius 3 is 2.43 bits per heavy atom. The first-order valence-corrected chi connectivity index (χ1v) is 15.8. The van der Waals surface area contributed by atoms with Gasteiger partial charge in [0.15, 0.2) is 27.8 Å². The quantitative estimate of drug-likeness (QED) is 0.143. The number of fused-ring (bicyclic) bond motifs is 1. The molecule has 0 N–H and O–H groups in total. The lowest BCUT2D eigenvalue weighted by molar-refractivity contribution is -0.136. The van der Waals surface area contributed by atoms with Gasteiger partial charge in [0.1, 0.15) is 12.4 Å². The summed E-state index contributed by atoms with van der Waals surface area (Å²) in [6, 6.07) is 14.3. The lowest BCUT2D eigenvalue weighted by Crippen LogP contribution is -2.39. The summed E-state index contributed by atoms with van der Waals surface area (Å²) in [5, 5.41) is 0. The van der Waals surface area contributed by atoms with Crippen molar-refractivity contribution in [3.63, 3.8) is 0 Å². The monoisotopic (exact) mass is 658 g/mol. The molecule has 47 heavy (non-hydrogen) atoms. The fourth-order valence-electron chi connectivity index (χ4n) is 5.26. The van der Waals surface area contributed by atoms with E-state index in [1.54, 1.807) is 48.6 Å². The van der Waals surface area contributed by atoms with Gasteiger partial charge < -0.3 is 23.7 Å². The zero-order valence-corrected chi connectivity index (χ0v) is 27.4. The molecule has 0 saturated carbocycles. The van der Waals surface area contributed by atoms with Gasteiger partial charge in [-0.1, -0.05) is 35.6 Å². The molecule has 0 bridgehead atoms. The van der Waals surface area contributed by atoms with Crippen LogP contribution in [0.15, 0.2) is 88.8 Å². The number of hydrogen-bond donors (Lipinski definition) is 0. The van der Waals surface area contributed by atoms with Crippen LogP contribution in [0.3, 0.4) is 0 Å². The Hall–Kier alpha value is -5.16. The summed E-state index contributed by atoms with van der Waals surface area (Å²) in [7, 11) is 2.83. The first-order valence-electron chi connectivity index (χ1n) is 15.0. The predicted octanol–water partition coefficient (Wildman–Crippen LogP) is 5.27. The fraction of sp³-hybridized carbons (Fsp3) is 0.250. The molecule has 0 radical (unpaired) electrons. The third kappa shape index (κ3) is 7.15. The van der Waals surface area contributed by atoms with E-state index in [1.807, 2.05) is 19.9 Å². The Morgan fingerprint density at radius 1 is 1.00 bits per heavy atom. The molecular formula is C36H35FN2O7S. The van der Waals surface area contributed by atoms with Gasteiger partial charge in [-0.2, -0.15) is 0 Å². The number of halogens is 1. The van der Waals surface area contributed by atoms with Crippen molar-refractivity contribution in [2.45, 2.75) is 32.9 Å². The SMILES string of the molecule is C=CCc1cc(/C=c2\sc3n(c2=O)[C@H](c2ccc(OCC)c(OCC)c2)C(C(=O)OC)=CN=3)cc(OC)c1OCc1ccc(F)cc1. The highest BCUT2D eigenvalue weighted by Crippen LogP contribution is 2.36. The first-order chi connectivity index (χ1) is 22.8. The molecule has 244 valence electrons. The van der Waals surface area contributed by atoms with Gasteiger partial charge in [-0.05, 0) is 79.4 Å². The van der Waals surface area contributed by atoms with Gasteiger partial charge in [-0.15, -0.1) is 6.58 Å². The molecule has 9 nitrogen and oxygen atoms in total. The Morgan fingerprint density at radius 2 is 1.74 bits per heavy atom. The Balaban J connectivity index is 1.59. The van der Waals surface area contributed by atoms with Crippen molar-refractivity contribution < 1.29 is 32.9 Å². The van der Waals surface area contributed by atoms with Crippen LogP contribution in [0.4, 0.5) is 4.39 Å². The summed E-state index contributed by atoms with van der Waals surface area (Å²) in [5.41, 5.74) is 2.79. The van der Waals surface area contributed by atoms with E-state index in [9.17, 15) is 14.0 Å². The Labute approximate surface area is 275 Å². The largest absolute Gasteiger partial charge is 0.493 e. The number of carbonyl (C=O) groups excluding carboxylic acids is 1. The number of carbonyl (C=O) groups is 1. The van der Waals surface area contributed by atoms with E-state index >= 15 is 0 Å². The second-order valence-electron chi connectivity index (χ2n) is 10.4. The molecule has 0 amide bonds. The van der Waals surface area contributed by atoms with Crippen LogP contribution in [0.1, 0.15) is 42.1 Å². The van der Waals surface area contributed by atoms with Crippen molar-refractivity contribution in [1.82, 2.24) is 4.57 Å². The van der Waals surface area contributed by atoms with Gasteiger partial charge in [0, 0.05) is 11.8 Å². The minimum absolute atomic E-state index is 0.204. The number of esters is 1. The number of hydrogen-bond acceptors (Lipinski definition) is 9. The van der Waals surface area contributed by atoms with Crippen molar-refractivity contribution in [3.8, 4) is 23.0 Å². The van der Waals surface area contributed by atoms with Crippen molar-refractivity contribution >= 4 is 23.4 Å². The van der Waals surface area contributed by atoms with Crippen molar-refractivity contribution in [2.24, 2.45) is 4.99 Å². The van der Waals surface area contributed by atoms with E-state index in [2.05, 4.69) is 11.6 Å². The summed E-state index contributed by atoms with van der Waals surface area (Å²) < 4.78 is 43.7. The maximum atomic E-state index is 14.1. The normalized spacial score (nSPS) is 14.0. The average Bonchev–Trinajstić information content (AvgIpc) is 3.39. The zero-order chi connectivity index (χ0) is 33.5.